The van der Waals surface area contributed by atoms with Gasteiger partial charge in [-0.3, -0.25) is 4.79 Å². The second-order valence-corrected chi connectivity index (χ2v) is 10.0. The molecule has 0 spiro atoms. The smallest absolute Gasteiger partial charge is 0.340 e. The number of carbonyl (C=O) groups is 2. The van der Waals surface area contributed by atoms with Crippen molar-refractivity contribution in [3.63, 3.8) is 0 Å². The highest BCUT2D eigenvalue weighted by Gasteiger charge is 2.30. The van der Waals surface area contributed by atoms with E-state index in [9.17, 15) is 18.0 Å². The summed E-state index contributed by atoms with van der Waals surface area (Å²) in [4.78, 5) is 25.0. The molecular weight excluding hydrogens is 476 g/mol. The third-order valence-corrected chi connectivity index (χ3v) is 7.90. The van der Waals surface area contributed by atoms with Crippen LogP contribution in [-0.4, -0.2) is 37.8 Å². The lowest BCUT2D eigenvalue weighted by Crippen LogP contribution is -2.36. The van der Waals surface area contributed by atoms with Crippen LogP contribution >= 0.6 is 11.6 Å². The number of fused-ring (bicyclic) bond motifs is 1. The molecule has 1 aliphatic rings. The number of anilines is 1. The molecule has 1 aliphatic heterocycles. The van der Waals surface area contributed by atoms with Gasteiger partial charge < -0.3 is 10.1 Å². The van der Waals surface area contributed by atoms with Crippen LogP contribution < -0.4 is 5.32 Å². The Kier molecular flexibility index (Phi) is 7.02. The molecule has 0 aliphatic carbocycles. The predicted octanol–water partition coefficient (Wildman–Crippen LogP) is 4.52. The second-order valence-electron chi connectivity index (χ2n) is 7.72. The Morgan fingerprint density at radius 3 is 2.50 bits per heavy atom. The number of rotatable bonds is 6. The number of esters is 1. The largest absolute Gasteiger partial charge is 0.462 e. The van der Waals surface area contributed by atoms with Crippen LogP contribution in [0.3, 0.4) is 0 Å². The molecule has 34 heavy (non-hydrogen) atoms. The van der Waals surface area contributed by atoms with Gasteiger partial charge in [0.05, 0.1) is 22.9 Å². The molecule has 3 aromatic carbocycles. The van der Waals surface area contributed by atoms with E-state index in [2.05, 4.69) is 5.32 Å². The lowest BCUT2D eigenvalue weighted by Gasteiger charge is -2.28. The molecule has 0 radical (unpaired) electrons. The summed E-state index contributed by atoms with van der Waals surface area (Å²) in [5.41, 5.74) is 2.62. The summed E-state index contributed by atoms with van der Waals surface area (Å²) in [6.45, 7) is 2.44. The monoisotopic (exact) mass is 498 g/mol. The minimum absolute atomic E-state index is 0.0299. The number of sulfonamides is 1. The van der Waals surface area contributed by atoms with E-state index in [-0.39, 0.29) is 39.9 Å². The molecule has 9 heteroatoms. The predicted molar refractivity (Wildman–Crippen MR) is 130 cm³/mol. The zero-order valence-electron chi connectivity index (χ0n) is 18.5. The first-order valence-corrected chi connectivity index (χ1v) is 12.6. The molecule has 176 valence electrons. The van der Waals surface area contributed by atoms with Gasteiger partial charge in [-0.1, -0.05) is 48.0 Å². The molecule has 0 saturated heterocycles. The Labute approximate surface area is 203 Å². The zero-order chi connectivity index (χ0) is 24.3. The molecule has 0 unspecified atom stereocenters. The number of hydrogen-bond acceptors (Lipinski definition) is 5. The average molecular weight is 499 g/mol. The standard InChI is InChI=1S/C25H23ClN2O5S/c1-2-33-25(30)20-9-5-6-10-22(20)27-24(29)18-11-12-21(26)23(15-18)34(31,32)28-14-13-17-7-3-4-8-19(17)16-28/h3-12,15H,2,13-14,16H2,1H3,(H,27,29). The number of halogens is 1. The SMILES string of the molecule is CCOC(=O)c1ccccc1NC(=O)c1ccc(Cl)c(S(=O)(=O)N2CCc3ccccc3C2)c1. The van der Waals surface area contributed by atoms with E-state index in [1.807, 2.05) is 24.3 Å². The topological polar surface area (TPSA) is 92.8 Å². The van der Waals surface area contributed by atoms with Crippen molar-refractivity contribution < 1.29 is 22.7 Å². The number of para-hydroxylation sites is 1. The van der Waals surface area contributed by atoms with Crippen LogP contribution in [0.25, 0.3) is 0 Å². The summed E-state index contributed by atoms with van der Waals surface area (Å²) in [5, 5.41) is 2.70. The Balaban J connectivity index is 1.61. The number of hydrogen-bond donors (Lipinski definition) is 1. The maximum Gasteiger partial charge on any atom is 0.340 e. The molecule has 7 nitrogen and oxygen atoms in total. The van der Waals surface area contributed by atoms with Gasteiger partial charge in [-0.2, -0.15) is 4.31 Å². The van der Waals surface area contributed by atoms with Crippen LogP contribution in [0.2, 0.25) is 5.02 Å². The molecule has 4 rings (SSSR count). The van der Waals surface area contributed by atoms with Crippen LogP contribution in [0.1, 0.15) is 38.8 Å². The van der Waals surface area contributed by atoms with Crippen molar-refractivity contribution in [3.8, 4) is 0 Å². The second kappa shape index (κ2) is 9.97. The fraction of sp³-hybridized carbons (Fsp3) is 0.200. The van der Waals surface area contributed by atoms with E-state index < -0.39 is 21.9 Å². The summed E-state index contributed by atoms with van der Waals surface area (Å²) in [7, 11) is -3.95. The minimum Gasteiger partial charge on any atom is -0.462 e. The molecule has 1 heterocycles. The number of ether oxygens (including phenoxy) is 1. The summed E-state index contributed by atoms with van der Waals surface area (Å²) in [5.74, 6) is -1.14. The highest BCUT2D eigenvalue weighted by Crippen LogP contribution is 2.30. The van der Waals surface area contributed by atoms with Crippen LogP contribution in [-0.2, 0) is 27.7 Å². The van der Waals surface area contributed by atoms with Crippen LogP contribution in [0, 0.1) is 0 Å². The van der Waals surface area contributed by atoms with E-state index in [4.69, 9.17) is 16.3 Å². The molecule has 0 saturated carbocycles. The average Bonchev–Trinajstić information content (AvgIpc) is 2.84. The number of nitrogens with one attached hydrogen (secondary N) is 1. The van der Waals surface area contributed by atoms with Gasteiger partial charge in [0, 0.05) is 18.7 Å². The molecule has 3 aromatic rings. The van der Waals surface area contributed by atoms with E-state index in [1.165, 1.54) is 22.5 Å². The quantitative estimate of drug-likeness (QED) is 0.504. The van der Waals surface area contributed by atoms with Crippen LogP contribution in [0.5, 0.6) is 0 Å². The van der Waals surface area contributed by atoms with Gasteiger partial charge in [-0.15, -0.1) is 0 Å². The maximum atomic E-state index is 13.4. The summed E-state index contributed by atoms with van der Waals surface area (Å²) < 4.78 is 33.2. The van der Waals surface area contributed by atoms with Gasteiger partial charge in [0.1, 0.15) is 4.90 Å². The Morgan fingerprint density at radius 1 is 1.03 bits per heavy atom. The number of amides is 1. The molecule has 0 atom stereocenters. The van der Waals surface area contributed by atoms with Gasteiger partial charge in [0.25, 0.3) is 5.91 Å². The first-order chi connectivity index (χ1) is 16.3. The van der Waals surface area contributed by atoms with Gasteiger partial charge in [0.15, 0.2) is 0 Å². The highest BCUT2D eigenvalue weighted by molar-refractivity contribution is 7.89. The number of benzene rings is 3. The minimum atomic E-state index is -3.95. The van der Waals surface area contributed by atoms with Crippen molar-refractivity contribution in [3.05, 3.63) is 94.0 Å². The van der Waals surface area contributed by atoms with Gasteiger partial charge in [-0.05, 0) is 54.8 Å². The molecule has 1 N–H and O–H groups in total. The van der Waals surface area contributed by atoms with Crippen molar-refractivity contribution in [1.82, 2.24) is 4.31 Å². The van der Waals surface area contributed by atoms with E-state index in [1.54, 1.807) is 31.2 Å². The van der Waals surface area contributed by atoms with E-state index >= 15 is 0 Å². The summed E-state index contributed by atoms with van der Waals surface area (Å²) in [6, 6.07) is 18.2. The van der Waals surface area contributed by atoms with E-state index in [0.717, 1.165) is 11.1 Å². The lowest BCUT2D eigenvalue weighted by atomic mass is 10.0. The number of nitrogens with zero attached hydrogens (tertiary/aromatic N) is 1. The molecule has 0 fully saturated rings. The van der Waals surface area contributed by atoms with E-state index in [0.29, 0.717) is 13.0 Å². The maximum absolute atomic E-state index is 13.4. The van der Waals surface area contributed by atoms with Gasteiger partial charge >= 0.3 is 5.97 Å². The first kappa shape index (κ1) is 23.9. The fourth-order valence-electron chi connectivity index (χ4n) is 3.83. The Bertz CT molecular complexity index is 1360. The van der Waals surface area contributed by atoms with Crippen molar-refractivity contribution in [1.29, 1.82) is 0 Å². The van der Waals surface area contributed by atoms with Crippen molar-refractivity contribution in [2.45, 2.75) is 24.8 Å². The van der Waals surface area contributed by atoms with Crippen LogP contribution in [0.15, 0.2) is 71.6 Å². The normalized spacial score (nSPS) is 13.7. The summed E-state index contributed by atoms with van der Waals surface area (Å²) in [6.07, 6.45) is 0.595. The third kappa shape index (κ3) is 4.84. The highest BCUT2D eigenvalue weighted by atomic mass is 35.5. The third-order valence-electron chi connectivity index (χ3n) is 5.58. The Morgan fingerprint density at radius 2 is 1.74 bits per heavy atom. The lowest BCUT2D eigenvalue weighted by molar-refractivity contribution is 0.0527. The Hall–Kier alpha value is -3.20. The van der Waals surface area contributed by atoms with Crippen molar-refractivity contribution >= 4 is 39.2 Å². The molecule has 1 amide bonds. The zero-order valence-corrected chi connectivity index (χ0v) is 20.0. The molecular formula is C25H23ClN2O5S. The summed E-state index contributed by atoms with van der Waals surface area (Å²) >= 11 is 6.27. The van der Waals surface area contributed by atoms with Gasteiger partial charge in [0.2, 0.25) is 10.0 Å². The first-order valence-electron chi connectivity index (χ1n) is 10.7. The fourth-order valence-corrected chi connectivity index (χ4v) is 5.75. The number of carbonyl (C=O) groups excluding carboxylic acids is 2. The molecule has 0 bridgehead atoms. The molecule has 0 aromatic heterocycles. The van der Waals surface area contributed by atoms with Crippen molar-refractivity contribution in [2.75, 3.05) is 18.5 Å². The van der Waals surface area contributed by atoms with Crippen LogP contribution in [0.4, 0.5) is 5.69 Å². The van der Waals surface area contributed by atoms with Gasteiger partial charge in [-0.25, -0.2) is 13.2 Å². The van der Waals surface area contributed by atoms with Crippen molar-refractivity contribution in [2.24, 2.45) is 0 Å².